The molecule has 3 N–H and O–H groups in total. The molecule has 1 aromatic carbocycles. The Morgan fingerprint density at radius 1 is 1.27 bits per heavy atom. The smallest absolute Gasteiger partial charge is 0.264 e. The second-order valence-corrected chi connectivity index (χ2v) is 5.81. The van der Waals surface area contributed by atoms with Gasteiger partial charge in [-0.05, 0) is 37.1 Å². The molecular formula is C15H17N3O3S. The minimum atomic E-state index is -0.457. The summed E-state index contributed by atoms with van der Waals surface area (Å²) in [4.78, 5) is 26.7. The third-order valence-corrected chi connectivity index (χ3v) is 3.53. The fourth-order valence-corrected chi connectivity index (χ4v) is 2.67. The van der Waals surface area contributed by atoms with E-state index >= 15 is 0 Å². The summed E-state index contributed by atoms with van der Waals surface area (Å²) < 4.78 is 5.46. The Kier molecular flexibility index (Phi) is 5.11. The van der Waals surface area contributed by atoms with Crippen LogP contribution in [0, 0.1) is 13.8 Å². The lowest BCUT2D eigenvalue weighted by atomic mass is 10.1. The number of hydrogen-bond donors (Lipinski definition) is 2. The van der Waals surface area contributed by atoms with Crippen molar-refractivity contribution in [3.05, 3.63) is 40.4 Å². The largest absolute Gasteiger partial charge is 0.484 e. The third kappa shape index (κ3) is 4.85. The third-order valence-electron chi connectivity index (χ3n) is 2.72. The summed E-state index contributed by atoms with van der Waals surface area (Å²) in [6, 6.07) is 5.77. The number of nitrogens with one attached hydrogen (secondary N) is 1. The molecule has 0 fully saturated rings. The number of nitrogens with two attached hydrogens (primary N) is 1. The maximum absolute atomic E-state index is 11.8. The lowest BCUT2D eigenvalue weighted by Gasteiger charge is -2.07. The van der Waals surface area contributed by atoms with Crippen LogP contribution in [0.25, 0.3) is 0 Å². The quantitative estimate of drug-likeness (QED) is 0.849. The van der Waals surface area contributed by atoms with Crippen LogP contribution < -0.4 is 15.8 Å². The van der Waals surface area contributed by atoms with Gasteiger partial charge in [0.1, 0.15) is 5.75 Å². The molecule has 22 heavy (non-hydrogen) atoms. The van der Waals surface area contributed by atoms with Gasteiger partial charge in [-0.15, -0.1) is 11.3 Å². The Morgan fingerprint density at radius 2 is 1.95 bits per heavy atom. The highest BCUT2D eigenvalue weighted by molar-refractivity contribution is 7.13. The van der Waals surface area contributed by atoms with Crippen LogP contribution in [0.15, 0.2) is 23.6 Å². The van der Waals surface area contributed by atoms with Gasteiger partial charge in [0, 0.05) is 5.38 Å². The number of amides is 2. The molecule has 0 aliphatic carbocycles. The molecule has 1 aromatic heterocycles. The molecule has 0 unspecified atom stereocenters. The number of anilines is 1. The summed E-state index contributed by atoms with van der Waals surface area (Å²) in [6.07, 6.45) is 0.0610. The highest BCUT2D eigenvalue weighted by Gasteiger charge is 2.09. The molecule has 7 heteroatoms. The number of nitrogens with zero attached hydrogens (tertiary/aromatic N) is 1. The molecule has 0 spiro atoms. The topological polar surface area (TPSA) is 94.3 Å². The van der Waals surface area contributed by atoms with E-state index < -0.39 is 5.91 Å². The summed E-state index contributed by atoms with van der Waals surface area (Å²) >= 11 is 1.24. The minimum Gasteiger partial charge on any atom is -0.484 e. The van der Waals surface area contributed by atoms with Crippen LogP contribution >= 0.6 is 11.3 Å². The first kappa shape index (κ1) is 16.0. The molecule has 2 amide bonds. The number of thiazole rings is 1. The van der Waals surface area contributed by atoms with Gasteiger partial charge in [-0.3, -0.25) is 14.9 Å². The van der Waals surface area contributed by atoms with Crippen LogP contribution in [0.3, 0.4) is 0 Å². The highest BCUT2D eigenvalue weighted by Crippen LogP contribution is 2.17. The van der Waals surface area contributed by atoms with E-state index in [1.54, 1.807) is 5.38 Å². The fourth-order valence-electron chi connectivity index (χ4n) is 1.94. The standard InChI is InChI=1S/C15H17N3O3S/c1-9-3-10(2)5-12(4-9)21-7-14(20)18-15-17-11(8-22-15)6-13(16)19/h3-5,8H,6-7H2,1-2H3,(H2,16,19)(H,17,18,20). The molecule has 0 saturated heterocycles. The molecule has 0 aliphatic rings. The molecule has 2 aromatic rings. The van der Waals surface area contributed by atoms with E-state index in [9.17, 15) is 9.59 Å². The molecule has 0 aliphatic heterocycles. The number of hydrogen-bond acceptors (Lipinski definition) is 5. The normalized spacial score (nSPS) is 10.3. The molecule has 6 nitrogen and oxygen atoms in total. The number of primary amides is 1. The molecule has 0 saturated carbocycles. The number of ether oxygens (including phenoxy) is 1. The van der Waals surface area contributed by atoms with Crippen LogP contribution in [-0.2, 0) is 16.0 Å². The number of aromatic nitrogens is 1. The van der Waals surface area contributed by atoms with E-state index in [0.717, 1.165) is 11.1 Å². The number of carbonyl (C=O) groups is 2. The van der Waals surface area contributed by atoms with E-state index in [0.29, 0.717) is 16.6 Å². The van der Waals surface area contributed by atoms with Gasteiger partial charge in [-0.25, -0.2) is 4.98 Å². The van der Waals surface area contributed by atoms with Gasteiger partial charge in [0.2, 0.25) is 5.91 Å². The molecule has 1 heterocycles. The zero-order valence-corrected chi connectivity index (χ0v) is 13.2. The second kappa shape index (κ2) is 7.04. The van der Waals surface area contributed by atoms with Crippen molar-refractivity contribution in [3.63, 3.8) is 0 Å². The van der Waals surface area contributed by atoms with Gasteiger partial charge < -0.3 is 10.5 Å². The average Bonchev–Trinajstić information content (AvgIpc) is 2.81. The lowest BCUT2D eigenvalue weighted by molar-refractivity contribution is -0.118. The van der Waals surface area contributed by atoms with Crippen LogP contribution in [0.4, 0.5) is 5.13 Å². The first-order chi connectivity index (χ1) is 10.4. The van der Waals surface area contributed by atoms with E-state index in [-0.39, 0.29) is 18.9 Å². The summed E-state index contributed by atoms with van der Waals surface area (Å²) in [5.74, 6) is -0.110. The number of rotatable bonds is 6. The second-order valence-electron chi connectivity index (χ2n) is 4.95. The van der Waals surface area contributed by atoms with Crippen molar-refractivity contribution < 1.29 is 14.3 Å². The van der Waals surface area contributed by atoms with Gasteiger partial charge >= 0.3 is 0 Å². The SMILES string of the molecule is Cc1cc(C)cc(OCC(=O)Nc2nc(CC(N)=O)cs2)c1. The van der Waals surface area contributed by atoms with Crippen LogP contribution in [0.2, 0.25) is 0 Å². The zero-order valence-electron chi connectivity index (χ0n) is 12.4. The van der Waals surface area contributed by atoms with E-state index in [2.05, 4.69) is 10.3 Å². The maximum atomic E-state index is 11.8. The average molecular weight is 319 g/mol. The number of benzene rings is 1. The van der Waals surface area contributed by atoms with Crippen molar-refractivity contribution in [2.45, 2.75) is 20.3 Å². The number of carbonyl (C=O) groups excluding carboxylic acids is 2. The van der Waals surface area contributed by atoms with Gasteiger partial charge in [0.05, 0.1) is 12.1 Å². The summed E-state index contributed by atoms with van der Waals surface area (Å²) in [5.41, 5.74) is 7.79. The molecule has 2 rings (SSSR count). The Labute approximate surface area is 132 Å². The van der Waals surface area contributed by atoms with Crippen LogP contribution in [-0.4, -0.2) is 23.4 Å². The first-order valence-corrected chi connectivity index (χ1v) is 7.54. The lowest BCUT2D eigenvalue weighted by Crippen LogP contribution is -2.20. The van der Waals surface area contributed by atoms with Crippen molar-refractivity contribution in [1.29, 1.82) is 0 Å². The predicted octanol–water partition coefficient (Wildman–Crippen LogP) is 1.81. The van der Waals surface area contributed by atoms with Gasteiger partial charge in [0.25, 0.3) is 5.91 Å². The summed E-state index contributed by atoms with van der Waals surface area (Å²) in [6.45, 7) is 3.83. The monoisotopic (exact) mass is 319 g/mol. The van der Waals surface area contributed by atoms with Gasteiger partial charge in [0.15, 0.2) is 11.7 Å². The van der Waals surface area contributed by atoms with E-state index in [4.69, 9.17) is 10.5 Å². The van der Waals surface area contributed by atoms with Crippen molar-refractivity contribution >= 4 is 28.3 Å². The molecule has 116 valence electrons. The Morgan fingerprint density at radius 3 is 2.59 bits per heavy atom. The van der Waals surface area contributed by atoms with Crippen molar-refractivity contribution in [2.75, 3.05) is 11.9 Å². The Bertz CT molecular complexity index is 677. The maximum Gasteiger partial charge on any atom is 0.264 e. The predicted molar refractivity (Wildman–Crippen MR) is 85.1 cm³/mol. The van der Waals surface area contributed by atoms with E-state index in [1.807, 2.05) is 32.0 Å². The Hall–Kier alpha value is -2.41. The van der Waals surface area contributed by atoms with Crippen molar-refractivity contribution in [3.8, 4) is 5.75 Å². The van der Waals surface area contributed by atoms with Crippen LogP contribution in [0.5, 0.6) is 5.75 Å². The number of aryl methyl sites for hydroxylation is 2. The van der Waals surface area contributed by atoms with Crippen LogP contribution in [0.1, 0.15) is 16.8 Å². The molecular weight excluding hydrogens is 302 g/mol. The fraction of sp³-hybridized carbons (Fsp3) is 0.267. The summed E-state index contributed by atoms with van der Waals surface area (Å²) in [7, 11) is 0. The molecule has 0 bridgehead atoms. The molecule has 0 atom stereocenters. The summed E-state index contributed by atoms with van der Waals surface area (Å²) in [5, 5.41) is 4.73. The van der Waals surface area contributed by atoms with Gasteiger partial charge in [-0.1, -0.05) is 6.07 Å². The van der Waals surface area contributed by atoms with Gasteiger partial charge in [-0.2, -0.15) is 0 Å². The minimum absolute atomic E-state index is 0.0610. The Balaban J connectivity index is 1.87. The first-order valence-electron chi connectivity index (χ1n) is 6.66. The molecule has 0 radical (unpaired) electrons. The van der Waals surface area contributed by atoms with E-state index in [1.165, 1.54) is 11.3 Å². The zero-order chi connectivity index (χ0) is 16.1. The highest BCUT2D eigenvalue weighted by atomic mass is 32.1. The van der Waals surface area contributed by atoms with Crippen molar-refractivity contribution in [2.24, 2.45) is 5.73 Å². The van der Waals surface area contributed by atoms with Crippen molar-refractivity contribution in [1.82, 2.24) is 4.98 Å².